The van der Waals surface area contributed by atoms with Gasteiger partial charge < -0.3 is 14.6 Å². The number of halogens is 1. The summed E-state index contributed by atoms with van der Waals surface area (Å²) in [5.74, 6) is 1.14. The minimum Gasteiger partial charge on any atom is -0.442 e. The van der Waals surface area contributed by atoms with Crippen molar-refractivity contribution in [3.05, 3.63) is 45.6 Å². The summed E-state index contributed by atoms with van der Waals surface area (Å²) in [5, 5.41) is 4.12. The van der Waals surface area contributed by atoms with Gasteiger partial charge in [0.25, 0.3) is 5.91 Å². The van der Waals surface area contributed by atoms with Gasteiger partial charge in [-0.2, -0.15) is 0 Å². The molecular formula is C19H18BrN5O2. The molecule has 0 saturated heterocycles. The van der Waals surface area contributed by atoms with Crippen LogP contribution in [-0.4, -0.2) is 31.3 Å². The molecule has 0 bridgehead atoms. The monoisotopic (exact) mass is 427 g/mol. The summed E-state index contributed by atoms with van der Waals surface area (Å²) in [6, 6.07) is 2.01. The zero-order valence-corrected chi connectivity index (χ0v) is 16.6. The Morgan fingerprint density at radius 1 is 1.30 bits per heavy atom. The summed E-state index contributed by atoms with van der Waals surface area (Å²) >= 11 is 3.44. The number of furan rings is 1. The van der Waals surface area contributed by atoms with Crippen LogP contribution in [-0.2, 0) is 13.1 Å². The Bertz CT molecular complexity index is 1090. The maximum Gasteiger partial charge on any atom is 0.258 e. The Morgan fingerprint density at radius 3 is 2.89 bits per heavy atom. The van der Waals surface area contributed by atoms with Gasteiger partial charge in [-0.1, -0.05) is 0 Å². The highest BCUT2D eigenvalue weighted by atomic mass is 79.9. The molecule has 1 N–H and O–H groups in total. The van der Waals surface area contributed by atoms with Crippen molar-refractivity contribution in [3.63, 3.8) is 0 Å². The van der Waals surface area contributed by atoms with Gasteiger partial charge >= 0.3 is 0 Å². The third-order valence-electron chi connectivity index (χ3n) is 5.31. The van der Waals surface area contributed by atoms with Gasteiger partial charge in [0, 0.05) is 22.8 Å². The predicted molar refractivity (Wildman–Crippen MR) is 103 cm³/mol. The number of pyridine rings is 1. The number of aromatic nitrogens is 3. The van der Waals surface area contributed by atoms with Crippen LogP contribution < -0.4 is 5.32 Å². The molecule has 7 nitrogen and oxygen atoms in total. The second-order valence-electron chi connectivity index (χ2n) is 7.54. The maximum absolute atomic E-state index is 13.4. The Morgan fingerprint density at radius 2 is 2.11 bits per heavy atom. The summed E-state index contributed by atoms with van der Waals surface area (Å²) in [6.07, 6.45) is 5.40. The van der Waals surface area contributed by atoms with E-state index in [2.05, 4.69) is 43.1 Å². The highest BCUT2D eigenvalue weighted by molar-refractivity contribution is 9.10. The Balaban J connectivity index is 1.55. The van der Waals surface area contributed by atoms with Crippen molar-refractivity contribution in [2.45, 2.75) is 45.3 Å². The van der Waals surface area contributed by atoms with E-state index in [9.17, 15) is 4.79 Å². The third kappa shape index (κ3) is 2.79. The van der Waals surface area contributed by atoms with Crippen LogP contribution >= 0.6 is 15.9 Å². The van der Waals surface area contributed by atoms with Crippen LogP contribution in [0.15, 0.2) is 27.5 Å². The molecule has 5 rings (SSSR count). The number of hydrogen-bond donors (Lipinski definition) is 1. The molecular weight excluding hydrogens is 410 g/mol. The van der Waals surface area contributed by atoms with Crippen LogP contribution in [0.25, 0.3) is 11.1 Å². The van der Waals surface area contributed by atoms with Gasteiger partial charge in [-0.25, -0.2) is 9.97 Å². The van der Waals surface area contributed by atoms with Crippen molar-refractivity contribution in [1.82, 2.24) is 19.9 Å². The number of carbonyl (C=O) groups excluding carboxylic acids is 1. The van der Waals surface area contributed by atoms with Crippen LogP contribution in [0.3, 0.4) is 0 Å². The predicted octanol–water partition coefficient (Wildman–Crippen LogP) is 3.81. The van der Waals surface area contributed by atoms with E-state index >= 15 is 0 Å². The number of hydrogen-bond acceptors (Lipinski definition) is 6. The number of anilines is 1. The van der Waals surface area contributed by atoms with E-state index < -0.39 is 0 Å². The molecule has 3 aromatic rings. The molecule has 3 aromatic heterocycles. The van der Waals surface area contributed by atoms with Gasteiger partial charge in [-0.3, -0.25) is 9.78 Å². The Hall–Kier alpha value is -2.48. The molecule has 1 aliphatic heterocycles. The average molecular weight is 428 g/mol. The van der Waals surface area contributed by atoms with Gasteiger partial charge in [0.05, 0.1) is 23.2 Å². The summed E-state index contributed by atoms with van der Waals surface area (Å²) < 4.78 is 6.70. The van der Waals surface area contributed by atoms with Crippen LogP contribution in [0.4, 0.5) is 5.82 Å². The molecule has 8 heteroatoms. The summed E-state index contributed by atoms with van der Waals surface area (Å²) in [4.78, 5) is 28.2. The third-order valence-corrected chi connectivity index (χ3v) is 5.75. The number of fused-ring (bicyclic) bond motifs is 2. The minimum absolute atomic E-state index is 0.0346. The largest absolute Gasteiger partial charge is 0.442 e. The quantitative estimate of drug-likeness (QED) is 0.683. The first-order valence-electron chi connectivity index (χ1n) is 8.88. The van der Waals surface area contributed by atoms with Crippen LogP contribution in [0.1, 0.15) is 47.1 Å². The van der Waals surface area contributed by atoms with Gasteiger partial charge in [-0.05, 0) is 54.2 Å². The Kier molecular flexibility index (Phi) is 3.56. The molecule has 138 valence electrons. The average Bonchev–Trinajstić information content (AvgIpc) is 3.06. The lowest BCUT2D eigenvalue weighted by molar-refractivity contribution is 0.0750. The highest BCUT2D eigenvalue weighted by Gasteiger charge is 2.39. The fourth-order valence-corrected chi connectivity index (χ4v) is 3.91. The molecule has 0 spiro atoms. The van der Waals surface area contributed by atoms with Crippen LogP contribution in [0.5, 0.6) is 0 Å². The van der Waals surface area contributed by atoms with E-state index in [0.717, 1.165) is 28.6 Å². The highest BCUT2D eigenvalue weighted by Crippen LogP contribution is 2.40. The maximum atomic E-state index is 13.4. The summed E-state index contributed by atoms with van der Waals surface area (Å²) in [5.41, 5.74) is 2.99. The van der Waals surface area contributed by atoms with E-state index in [-0.39, 0.29) is 11.4 Å². The van der Waals surface area contributed by atoms with Crippen LogP contribution in [0, 0.1) is 6.92 Å². The molecule has 0 unspecified atom stereocenters. The molecule has 27 heavy (non-hydrogen) atoms. The normalized spacial score (nSPS) is 17.2. The minimum atomic E-state index is -0.0841. The fourth-order valence-electron chi connectivity index (χ4n) is 3.53. The summed E-state index contributed by atoms with van der Waals surface area (Å²) in [7, 11) is 0. The van der Waals surface area contributed by atoms with Gasteiger partial charge in [-0.15, -0.1) is 0 Å². The van der Waals surface area contributed by atoms with Crippen molar-refractivity contribution in [2.24, 2.45) is 0 Å². The van der Waals surface area contributed by atoms with E-state index in [1.807, 2.05) is 6.07 Å². The molecule has 0 radical (unpaired) electrons. The topological polar surface area (TPSA) is 84.2 Å². The molecule has 2 aliphatic rings. The van der Waals surface area contributed by atoms with Crippen molar-refractivity contribution in [2.75, 3.05) is 5.32 Å². The molecule has 1 amide bonds. The lowest BCUT2D eigenvalue weighted by Crippen LogP contribution is -2.26. The van der Waals surface area contributed by atoms with Crippen molar-refractivity contribution < 1.29 is 9.21 Å². The molecule has 1 aliphatic carbocycles. The number of rotatable bonds is 3. The molecule has 4 heterocycles. The number of nitrogens with one attached hydrogen (secondary N) is 1. The number of aryl methyl sites for hydroxylation is 1. The first-order chi connectivity index (χ1) is 12.9. The number of amides is 1. The van der Waals surface area contributed by atoms with E-state index in [4.69, 9.17) is 4.42 Å². The fraction of sp³-hybridized carbons (Fsp3) is 0.368. The first-order valence-corrected chi connectivity index (χ1v) is 9.68. The number of carbonyl (C=O) groups is 1. The lowest BCUT2D eigenvalue weighted by Gasteiger charge is -2.16. The second-order valence-corrected chi connectivity index (χ2v) is 8.46. The molecule has 1 saturated carbocycles. The molecule has 1 fully saturated rings. The van der Waals surface area contributed by atoms with Crippen molar-refractivity contribution in [1.29, 1.82) is 0 Å². The van der Waals surface area contributed by atoms with Crippen molar-refractivity contribution >= 4 is 38.8 Å². The smallest absolute Gasteiger partial charge is 0.258 e. The van der Waals surface area contributed by atoms with Gasteiger partial charge in [0.1, 0.15) is 17.9 Å². The van der Waals surface area contributed by atoms with E-state index in [0.29, 0.717) is 41.3 Å². The zero-order chi connectivity index (χ0) is 18.8. The van der Waals surface area contributed by atoms with Crippen molar-refractivity contribution in [3.8, 4) is 0 Å². The van der Waals surface area contributed by atoms with Gasteiger partial charge in [0.2, 0.25) is 5.71 Å². The van der Waals surface area contributed by atoms with Gasteiger partial charge in [0.15, 0.2) is 0 Å². The van der Waals surface area contributed by atoms with E-state index in [1.54, 1.807) is 18.0 Å². The van der Waals surface area contributed by atoms with E-state index in [1.165, 1.54) is 6.33 Å². The lowest BCUT2D eigenvalue weighted by atomic mass is 10.1. The number of nitrogens with zero attached hydrogens (tertiary/aromatic N) is 4. The molecule has 0 aromatic carbocycles. The summed E-state index contributed by atoms with van der Waals surface area (Å²) in [6.45, 7) is 4.97. The SMILES string of the molecule is Cc1oc2ncnc(NC3(C)CC3)c2c1C(=O)N1Cc2cc(Br)cnc2C1. The van der Waals surface area contributed by atoms with Crippen LogP contribution in [0.2, 0.25) is 0 Å². The molecule has 0 atom stereocenters. The standard InChI is InChI=1S/C19H18BrN5O2/c1-10-14(18(26)25-7-11-5-12(20)6-21-13(11)8-25)15-16(24-19(2)3-4-19)22-9-23-17(15)27-10/h5-6,9H,3-4,7-8H2,1-2H3,(H,22,23,24). The zero-order valence-electron chi connectivity index (χ0n) is 15.0. The first kappa shape index (κ1) is 16.7. The second kappa shape index (κ2) is 5.76. The Labute approximate surface area is 164 Å².